The van der Waals surface area contributed by atoms with Crippen LogP contribution in [-0.4, -0.2) is 27.4 Å². The van der Waals surface area contributed by atoms with Crippen LogP contribution in [0.5, 0.6) is 0 Å². The van der Waals surface area contributed by atoms with Crippen molar-refractivity contribution in [3.05, 3.63) is 47.8 Å². The Bertz CT molecular complexity index is 585. The van der Waals surface area contributed by atoms with Crippen molar-refractivity contribution < 1.29 is 4.79 Å². The third-order valence-corrected chi connectivity index (χ3v) is 2.58. The van der Waals surface area contributed by atoms with Gasteiger partial charge in [-0.15, -0.1) is 5.10 Å². The lowest BCUT2D eigenvalue weighted by Gasteiger charge is -2.05. The summed E-state index contributed by atoms with van der Waals surface area (Å²) in [7, 11) is 0. The van der Waals surface area contributed by atoms with E-state index in [1.54, 1.807) is 41.3 Å². The highest BCUT2D eigenvalue weighted by molar-refractivity contribution is 5.94. The van der Waals surface area contributed by atoms with Gasteiger partial charge in [-0.05, 0) is 24.6 Å². The van der Waals surface area contributed by atoms with E-state index in [4.69, 9.17) is 5.26 Å². The maximum Gasteiger partial charge on any atom is 0.251 e. The molecule has 96 valence electrons. The monoisotopic (exact) mass is 255 g/mol. The van der Waals surface area contributed by atoms with Crippen LogP contribution in [0.1, 0.15) is 22.3 Å². The lowest BCUT2D eigenvalue weighted by Crippen LogP contribution is -2.25. The van der Waals surface area contributed by atoms with E-state index >= 15 is 0 Å². The first-order valence-corrected chi connectivity index (χ1v) is 5.92. The number of hydrogen-bond acceptors (Lipinski definition) is 4. The molecular formula is C13H13N5O. The third-order valence-electron chi connectivity index (χ3n) is 2.58. The summed E-state index contributed by atoms with van der Waals surface area (Å²) in [6, 6.07) is 8.64. The van der Waals surface area contributed by atoms with Crippen molar-refractivity contribution in [2.75, 3.05) is 6.54 Å². The van der Waals surface area contributed by atoms with Gasteiger partial charge in [0, 0.05) is 24.8 Å². The zero-order valence-corrected chi connectivity index (χ0v) is 10.3. The normalized spacial score (nSPS) is 9.84. The van der Waals surface area contributed by atoms with Crippen LogP contribution >= 0.6 is 0 Å². The minimum absolute atomic E-state index is 0.171. The van der Waals surface area contributed by atoms with E-state index in [1.165, 1.54) is 0 Å². The fourth-order valence-electron chi connectivity index (χ4n) is 1.63. The number of amides is 1. The van der Waals surface area contributed by atoms with E-state index in [1.807, 2.05) is 6.07 Å². The number of benzene rings is 1. The molecule has 19 heavy (non-hydrogen) atoms. The zero-order valence-electron chi connectivity index (χ0n) is 10.3. The van der Waals surface area contributed by atoms with Crippen molar-refractivity contribution in [3.63, 3.8) is 0 Å². The number of hydrogen-bond donors (Lipinski definition) is 1. The van der Waals surface area contributed by atoms with Crippen molar-refractivity contribution in [2.45, 2.75) is 13.0 Å². The van der Waals surface area contributed by atoms with Gasteiger partial charge in [-0.1, -0.05) is 11.3 Å². The first kappa shape index (κ1) is 12.8. The van der Waals surface area contributed by atoms with Gasteiger partial charge in [0.2, 0.25) is 0 Å². The van der Waals surface area contributed by atoms with Crippen LogP contribution in [0.15, 0.2) is 36.7 Å². The third kappa shape index (κ3) is 3.64. The minimum atomic E-state index is -0.171. The number of aromatic nitrogens is 3. The highest BCUT2D eigenvalue weighted by Crippen LogP contribution is 2.03. The predicted octanol–water partition coefficient (Wildman–Crippen LogP) is 0.970. The number of carbonyl (C=O) groups excluding carboxylic acids is 1. The number of nitrogens with zero attached hydrogens (tertiary/aromatic N) is 4. The molecule has 0 aliphatic carbocycles. The van der Waals surface area contributed by atoms with Gasteiger partial charge in [0.15, 0.2) is 0 Å². The minimum Gasteiger partial charge on any atom is -0.352 e. The largest absolute Gasteiger partial charge is 0.352 e. The average molecular weight is 255 g/mol. The molecular weight excluding hydrogens is 242 g/mol. The lowest BCUT2D eigenvalue weighted by atomic mass is 10.1. The SMILES string of the molecule is N#Cc1cccc(C(=O)NCCCn2ccnn2)c1. The number of aryl methyl sites for hydroxylation is 1. The summed E-state index contributed by atoms with van der Waals surface area (Å²) < 4.78 is 1.71. The summed E-state index contributed by atoms with van der Waals surface area (Å²) in [5.74, 6) is -0.171. The van der Waals surface area contributed by atoms with Gasteiger partial charge < -0.3 is 5.32 Å². The van der Waals surface area contributed by atoms with Gasteiger partial charge in [-0.25, -0.2) is 0 Å². The smallest absolute Gasteiger partial charge is 0.251 e. The van der Waals surface area contributed by atoms with Crippen LogP contribution in [0, 0.1) is 11.3 Å². The topological polar surface area (TPSA) is 83.6 Å². The molecule has 0 bridgehead atoms. The first-order valence-electron chi connectivity index (χ1n) is 5.92. The van der Waals surface area contributed by atoms with E-state index in [9.17, 15) is 4.79 Å². The van der Waals surface area contributed by atoms with Gasteiger partial charge in [0.05, 0.1) is 17.8 Å². The molecule has 0 aliphatic rings. The van der Waals surface area contributed by atoms with Crippen molar-refractivity contribution >= 4 is 5.91 Å². The molecule has 0 spiro atoms. The predicted molar refractivity (Wildman–Crippen MR) is 68.1 cm³/mol. The molecule has 0 aliphatic heterocycles. The van der Waals surface area contributed by atoms with Crippen LogP contribution in [0.2, 0.25) is 0 Å². The Morgan fingerprint density at radius 2 is 2.37 bits per heavy atom. The molecule has 1 amide bonds. The lowest BCUT2D eigenvalue weighted by molar-refractivity contribution is 0.0952. The molecule has 1 aromatic carbocycles. The molecule has 0 unspecified atom stereocenters. The van der Waals surface area contributed by atoms with E-state index in [2.05, 4.69) is 15.6 Å². The zero-order chi connectivity index (χ0) is 13.5. The first-order chi connectivity index (χ1) is 9.29. The van der Waals surface area contributed by atoms with Crippen LogP contribution in [0.4, 0.5) is 0 Å². The Labute approximate surface area is 110 Å². The Hall–Kier alpha value is -2.68. The maximum atomic E-state index is 11.8. The second-order valence-corrected chi connectivity index (χ2v) is 3.97. The standard InChI is InChI=1S/C13H13N5O/c14-10-11-3-1-4-12(9-11)13(19)15-5-2-7-18-8-6-16-17-18/h1,3-4,6,8-9H,2,5,7H2,(H,15,19). The van der Waals surface area contributed by atoms with Gasteiger partial charge in [-0.3, -0.25) is 9.48 Å². The van der Waals surface area contributed by atoms with Crippen molar-refractivity contribution in [2.24, 2.45) is 0 Å². The van der Waals surface area contributed by atoms with Crippen molar-refractivity contribution in [1.29, 1.82) is 5.26 Å². The van der Waals surface area contributed by atoms with Gasteiger partial charge >= 0.3 is 0 Å². The Balaban J connectivity index is 1.79. The van der Waals surface area contributed by atoms with E-state index in [-0.39, 0.29) is 5.91 Å². The van der Waals surface area contributed by atoms with Crippen molar-refractivity contribution in [1.82, 2.24) is 20.3 Å². The van der Waals surface area contributed by atoms with Crippen LogP contribution in [0.3, 0.4) is 0 Å². The van der Waals surface area contributed by atoms with E-state index in [0.717, 1.165) is 6.42 Å². The van der Waals surface area contributed by atoms with Gasteiger partial charge in [0.1, 0.15) is 0 Å². The fourth-order valence-corrected chi connectivity index (χ4v) is 1.63. The molecule has 0 atom stereocenters. The molecule has 1 N–H and O–H groups in total. The Kier molecular flexibility index (Phi) is 4.24. The number of nitriles is 1. The average Bonchev–Trinajstić information content (AvgIpc) is 2.96. The molecule has 1 aromatic heterocycles. The van der Waals surface area contributed by atoms with Crippen molar-refractivity contribution in [3.8, 4) is 6.07 Å². The summed E-state index contributed by atoms with van der Waals surface area (Å²) >= 11 is 0. The number of carbonyl (C=O) groups is 1. The summed E-state index contributed by atoms with van der Waals surface area (Å²) in [6.45, 7) is 1.26. The fraction of sp³-hybridized carbons (Fsp3) is 0.231. The summed E-state index contributed by atoms with van der Waals surface area (Å²) in [4.78, 5) is 11.8. The molecule has 0 saturated carbocycles. The highest BCUT2D eigenvalue weighted by Gasteiger charge is 2.05. The van der Waals surface area contributed by atoms with Gasteiger partial charge in [0.25, 0.3) is 5.91 Å². The molecule has 0 radical (unpaired) electrons. The molecule has 6 heteroatoms. The summed E-state index contributed by atoms with van der Waals surface area (Å²) in [6.07, 6.45) is 4.16. The number of nitrogens with one attached hydrogen (secondary N) is 1. The van der Waals surface area contributed by atoms with Gasteiger partial charge in [-0.2, -0.15) is 5.26 Å². The molecule has 0 saturated heterocycles. The van der Waals surface area contributed by atoms with Crippen LogP contribution < -0.4 is 5.32 Å². The van der Waals surface area contributed by atoms with E-state index < -0.39 is 0 Å². The molecule has 0 fully saturated rings. The van der Waals surface area contributed by atoms with E-state index in [0.29, 0.717) is 24.2 Å². The Morgan fingerprint density at radius 1 is 1.47 bits per heavy atom. The summed E-state index contributed by atoms with van der Waals surface area (Å²) in [5, 5.41) is 19.1. The second kappa shape index (κ2) is 6.31. The molecule has 1 heterocycles. The second-order valence-electron chi connectivity index (χ2n) is 3.97. The van der Waals surface area contributed by atoms with Crippen LogP contribution in [0.25, 0.3) is 0 Å². The summed E-state index contributed by atoms with van der Waals surface area (Å²) in [5.41, 5.74) is 0.982. The molecule has 6 nitrogen and oxygen atoms in total. The number of rotatable bonds is 5. The maximum absolute atomic E-state index is 11.8. The molecule has 2 aromatic rings. The quantitative estimate of drug-likeness (QED) is 0.807. The Morgan fingerprint density at radius 3 is 3.11 bits per heavy atom. The highest BCUT2D eigenvalue weighted by atomic mass is 16.1. The molecule has 2 rings (SSSR count). The van der Waals surface area contributed by atoms with Crippen LogP contribution in [-0.2, 0) is 6.54 Å².